The molecule has 0 unspecified atom stereocenters. The molecule has 0 bridgehead atoms. The van der Waals surface area contributed by atoms with E-state index < -0.39 is 44.7 Å². The summed E-state index contributed by atoms with van der Waals surface area (Å²) in [6, 6.07) is 2.61. The lowest BCUT2D eigenvalue weighted by atomic mass is 9.94. The number of hydrogen-bond acceptors (Lipinski definition) is 2. The van der Waals surface area contributed by atoms with Gasteiger partial charge in [0.1, 0.15) is 11.5 Å². The van der Waals surface area contributed by atoms with Crippen molar-refractivity contribution in [3.8, 4) is 22.6 Å². The largest absolute Gasteiger partial charge is 0.495 e. The molecular formula is C16H10Cl2F6O2. The average molecular weight is 419 g/mol. The first-order valence-corrected chi connectivity index (χ1v) is 7.55. The smallest absolute Gasteiger partial charge is 0.417 e. The first kappa shape index (κ1) is 20.5. The molecule has 142 valence electrons. The number of ether oxygens (including phenoxy) is 2. The zero-order chi connectivity index (χ0) is 19.9. The zero-order valence-electron chi connectivity index (χ0n) is 13.1. The lowest BCUT2D eigenvalue weighted by molar-refractivity contribution is -0.139. The van der Waals surface area contributed by atoms with E-state index in [-0.39, 0.29) is 11.5 Å². The molecule has 2 aromatic rings. The number of halogens is 8. The third-order valence-corrected chi connectivity index (χ3v) is 4.08. The molecule has 0 atom stereocenters. The zero-order valence-corrected chi connectivity index (χ0v) is 14.7. The second kappa shape index (κ2) is 7.08. The lowest BCUT2D eigenvalue weighted by Gasteiger charge is -2.20. The minimum Gasteiger partial charge on any atom is -0.495 e. The number of alkyl halides is 6. The molecule has 0 N–H and O–H groups in total. The maximum atomic E-state index is 13.4. The van der Waals surface area contributed by atoms with Gasteiger partial charge in [0.15, 0.2) is 0 Å². The highest BCUT2D eigenvalue weighted by atomic mass is 35.5. The van der Waals surface area contributed by atoms with E-state index in [1.807, 2.05) is 0 Å². The van der Waals surface area contributed by atoms with E-state index in [1.54, 1.807) is 0 Å². The molecule has 0 aliphatic heterocycles. The summed E-state index contributed by atoms with van der Waals surface area (Å²) in [4.78, 5) is 0. The van der Waals surface area contributed by atoms with Gasteiger partial charge in [-0.25, -0.2) is 0 Å². The Hall–Kier alpha value is -1.80. The molecular weight excluding hydrogens is 409 g/mol. The van der Waals surface area contributed by atoms with Gasteiger partial charge in [0.2, 0.25) is 0 Å². The molecule has 0 aromatic heterocycles. The fourth-order valence-corrected chi connectivity index (χ4v) is 2.82. The first-order valence-electron chi connectivity index (χ1n) is 6.80. The maximum absolute atomic E-state index is 13.4. The van der Waals surface area contributed by atoms with Crippen molar-refractivity contribution in [2.24, 2.45) is 0 Å². The topological polar surface area (TPSA) is 18.5 Å². The first-order chi connectivity index (χ1) is 11.9. The van der Waals surface area contributed by atoms with Crippen LogP contribution in [-0.4, -0.2) is 14.2 Å². The van der Waals surface area contributed by atoms with Gasteiger partial charge in [0, 0.05) is 0 Å². The minimum absolute atomic E-state index is 0.211. The normalized spacial score (nSPS) is 12.2. The summed E-state index contributed by atoms with van der Waals surface area (Å²) in [5, 5.41) is -0.781. The highest BCUT2D eigenvalue weighted by Crippen LogP contribution is 2.48. The molecule has 0 aliphatic carbocycles. The minimum atomic E-state index is -4.96. The number of rotatable bonds is 3. The summed E-state index contributed by atoms with van der Waals surface area (Å²) in [6.45, 7) is 0. The highest BCUT2D eigenvalue weighted by molar-refractivity contribution is 6.32. The third kappa shape index (κ3) is 3.96. The van der Waals surface area contributed by atoms with Crippen LogP contribution in [0.2, 0.25) is 10.0 Å². The van der Waals surface area contributed by atoms with Crippen LogP contribution < -0.4 is 9.47 Å². The number of benzene rings is 2. The number of methoxy groups -OCH3 is 2. The molecule has 0 fully saturated rings. The van der Waals surface area contributed by atoms with E-state index in [0.717, 1.165) is 26.4 Å². The summed E-state index contributed by atoms with van der Waals surface area (Å²) in [6.07, 6.45) is -9.91. The Morgan fingerprint density at radius 2 is 0.962 bits per heavy atom. The Bertz CT molecular complexity index is 761. The monoisotopic (exact) mass is 418 g/mol. The van der Waals surface area contributed by atoms with Crippen molar-refractivity contribution in [3.05, 3.63) is 45.4 Å². The summed E-state index contributed by atoms with van der Waals surface area (Å²) in [5.74, 6) is -0.423. The van der Waals surface area contributed by atoms with Gasteiger partial charge in [-0.05, 0) is 35.4 Å². The second-order valence-electron chi connectivity index (χ2n) is 5.06. The fraction of sp³-hybridized carbons (Fsp3) is 0.250. The van der Waals surface area contributed by atoms with E-state index in [2.05, 4.69) is 0 Å². The molecule has 2 nitrogen and oxygen atoms in total. The van der Waals surface area contributed by atoms with Crippen LogP contribution in [0.15, 0.2) is 24.3 Å². The molecule has 2 rings (SSSR count). The van der Waals surface area contributed by atoms with E-state index in [9.17, 15) is 26.3 Å². The van der Waals surface area contributed by atoms with Crippen LogP contribution in [0.25, 0.3) is 11.1 Å². The predicted molar refractivity (Wildman–Crippen MR) is 85.0 cm³/mol. The molecule has 0 heterocycles. The van der Waals surface area contributed by atoms with Gasteiger partial charge in [-0.2, -0.15) is 26.3 Å². The molecule has 0 spiro atoms. The highest BCUT2D eigenvalue weighted by Gasteiger charge is 2.39. The molecule has 0 radical (unpaired) electrons. The van der Waals surface area contributed by atoms with Crippen LogP contribution in [0, 0.1) is 0 Å². The molecule has 0 saturated heterocycles. The van der Waals surface area contributed by atoms with Crippen LogP contribution >= 0.6 is 23.2 Å². The average Bonchev–Trinajstić information content (AvgIpc) is 2.52. The maximum Gasteiger partial charge on any atom is 0.417 e. The van der Waals surface area contributed by atoms with Gasteiger partial charge in [-0.15, -0.1) is 0 Å². The Balaban J connectivity index is 2.94. The van der Waals surface area contributed by atoms with Crippen molar-refractivity contribution in [1.29, 1.82) is 0 Å². The molecule has 0 aliphatic rings. The van der Waals surface area contributed by atoms with E-state index in [1.165, 1.54) is 0 Å². The summed E-state index contributed by atoms with van der Waals surface area (Å²) < 4.78 is 90.1. The second-order valence-corrected chi connectivity index (χ2v) is 5.87. The van der Waals surface area contributed by atoms with Crippen molar-refractivity contribution in [3.63, 3.8) is 0 Å². The Morgan fingerprint density at radius 1 is 0.654 bits per heavy atom. The summed E-state index contributed by atoms with van der Waals surface area (Å²) in [5.41, 5.74) is -4.22. The van der Waals surface area contributed by atoms with Crippen molar-refractivity contribution >= 4 is 23.2 Å². The Morgan fingerprint density at radius 3 is 1.19 bits per heavy atom. The molecule has 0 amide bonds. The van der Waals surface area contributed by atoms with Crippen molar-refractivity contribution in [1.82, 2.24) is 0 Å². The van der Waals surface area contributed by atoms with Gasteiger partial charge in [-0.1, -0.05) is 23.2 Å². The van der Waals surface area contributed by atoms with E-state index >= 15 is 0 Å². The van der Waals surface area contributed by atoms with Crippen LogP contribution in [0.4, 0.5) is 26.3 Å². The standard InChI is InChI=1S/C16H10Cl2F6O2/c1-25-13-3-7(9(5-11(13)17)15(19,20)21)8-4-14(26-2)12(18)6-10(8)16(22,23)24/h3-6H,1-2H3. The molecule has 2 aromatic carbocycles. The predicted octanol–water partition coefficient (Wildman–Crippen LogP) is 6.72. The third-order valence-electron chi connectivity index (χ3n) is 3.48. The van der Waals surface area contributed by atoms with Crippen LogP contribution in [0.3, 0.4) is 0 Å². The van der Waals surface area contributed by atoms with Gasteiger partial charge in [0.25, 0.3) is 0 Å². The Kier molecular flexibility index (Phi) is 5.58. The summed E-state index contributed by atoms with van der Waals surface area (Å²) in [7, 11) is 2.26. The molecule has 26 heavy (non-hydrogen) atoms. The lowest BCUT2D eigenvalue weighted by Crippen LogP contribution is -2.12. The molecule has 10 heteroatoms. The quantitative estimate of drug-likeness (QED) is 0.515. The van der Waals surface area contributed by atoms with Gasteiger partial charge in [-0.3, -0.25) is 0 Å². The van der Waals surface area contributed by atoms with Crippen LogP contribution in [-0.2, 0) is 12.4 Å². The van der Waals surface area contributed by atoms with Gasteiger partial charge < -0.3 is 9.47 Å². The van der Waals surface area contributed by atoms with Crippen molar-refractivity contribution in [2.75, 3.05) is 14.2 Å². The van der Waals surface area contributed by atoms with Crippen LogP contribution in [0.1, 0.15) is 11.1 Å². The fourth-order valence-electron chi connectivity index (χ4n) is 2.33. The van der Waals surface area contributed by atoms with Crippen LogP contribution in [0.5, 0.6) is 11.5 Å². The SMILES string of the molecule is COc1cc(-c2cc(OC)c(Cl)cc2C(F)(F)F)c(C(F)(F)F)cc1Cl. The number of hydrogen-bond donors (Lipinski definition) is 0. The molecule has 0 saturated carbocycles. The van der Waals surface area contributed by atoms with Gasteiger partial charge >= 0.3 is 12.4 Å². The van der Waals surface area contributed by atoms with Crippen molar-refractivity contribution in [2.45, 2.75) is 12.4 Å². The van der Waals surface area contributed by atoms with Gasteiger partial charge in [0.05, 0.1) is 35.4 Å². The van der Waals surface area contributed by atoms with Crippen molar-refractivity contribution < 1.29 is 35.8 Å². The van der Waals surface area contributed by atoms with E-state index in [4.69, 9.17) is 32.7 Å². The Labute approximate surface area is 154 Å². The van der Waals surface area contributed by atoms with E-state index in [0.29, 0.717) is 12.1 Å². The summed E-state index contributed by atoms with van der Waals surface area (Å²) >= 11 is 11.4.